The van der Waals surface area contributed by atoms with Crippen LogP contribution in [0.4, 0.5) is 0 Å². The Morgan fingerprint density at radius 3 is 2.12 bits per heavy atom. The van der Waals surface area contributed by atoms with E-state index in [4.69, 9.17) is 0 Å². The predicted molar refractivity (Wildman–Crippen MR) is 75.5 cm³/mol. The van der Waals surface area contributed by atoms with Gasteiger partial charge in [0.1, 0.15) is 0 Å². The van der Waals surface area contributed by atoms with Crippen molar-refractivity contribution < 1.29 is 0 Å². The Bertz CT molecular complexity index is 208. The van der Waals surface area contributed by atoms with Gasteiger partial charge in [0.15, 0.2) is 0 Å². The van der Waals surface area contributed by atoms with Crippen molar-refractivity contribution in [2.24, 2.45) is 0 Å². The summed E-state index contributed by atoms with van der Waals surface area (Å²) in [7, 11) is 4.33. The minimum Gasteiger partial charge on any atom is -0.312 e. The third-order valence-corrected chi connectivity index (χ3v) is 3.85. The van der Waals surface area contributed by atoms with Gasteiger partial charge in [0.05, 0.1) is 0 Å². The molecule has 0 amide bonds. The Hall–Kier alpha value is -0.120. The number of hydrogen-bond donors (Lipinski definition) is 1. The molecular weight excluding hydrogens is 210 g/mol. The normalized spacial score (nSPS) is 32.1. The third kappa shape index (κ3) is 4.57. The Labute approximate surface area is 108 Å². The van der Waals surface area contributed by atoms with E-state index in [2.05, 4.69) is 56.9 Å². The van der Waals surface area contributed by atoms with E-state index in [-0.39, 0.29) is 0 Å². The largest absolute Gasteiger partial charge is 0.312 e. The molecule has 1 saturated heterocycles. The molecule has 17 heavy (non-hydrogen) atoms. The molecular formula is C14H31N3. The number of likely N-dealkylation sites (N-methyl/N-ethyl adjacent to an activating group) is 2. The summed E-state index contributed by atoms with van der Waals surface area (Å²) in [5, 5.41) is 3.63. The van der Waals surface area contributed by atoms with Crippen LogP contribution in [0, 0.1) is 0 Å². The molecule has 0 spiro atoms. The molecule has 1 aliphatic heterocycles. The lowest BCUT2D eigenvalue weighted by atomic mass is 9.93. The molecule has 0 saturated carbocycles. The molecule has 102 valence electrons. The summed E-state index contributed by atoms with van der Waals surface area (Å²) in [6.07, 6.45) is 2.58. The van der Waals surface area contributed by atoms with E-state index in [1.54, 1.807) is 0 Å². The molecule has 1 heterocycles. The second-order valence-electron chi connectivity index (χ2n) is 6.04. The zero-order chi connectivity index (χ0) is 13.0. The molecule has 1 aliphatic rings. The first kappa shape index (κ1) is 14.9. The van der Waals surface area contributed by atoms with Crippen LogP contribution in [-0.4, -0.2) is 61.2 Å². The molecule has 1 rings (SSSR count). The zero-order valence-corrected chi connectivity index (χ0v) is 12.5. The van der Waals surface area contributed by atoms with E-state index in [0.29, 0.717) is 18.1 Å². The summed E-state index contributed by atoms with van der Waals surface area (Å²) in [6.45, 7) is 11.6. The van der Waals surface area contributed by atoms with E-state index < -0.39 is 0 Å². The van der Waals surface area contributed by atoms with Gasteiger partial charge in [-0.3, -0.25) is 4.90 Å². The van der Waals surface area contributed by atoms with Crippen molar-refractivity contribution in [3.8, 4) is 0 Å². The number of hydrogen-bond acceptors (Lipinski definition) is 3. The maximum absolute atomic E-state index is 3.63. The maximum Gasteiger partial charge on any atom is 0.0197 e. The Balaban J connectivity index is 2.59. The summed E-state index contributed by atoms with van der Waals surface area (Å²) in [4.78, 5) is 4.98. The van der Waals surface area contributed by atoms with Gasteiger partial charge in [-0.1, -0.05) is 6.92 Å². The molecule has 0 radical (unpaired) electrons. The fourth-order valence-electron chi connectivity index (χ4n) is 3.37. The van der Waals surface area contributed by atoms with Crippen molar-refractivity contribution in [2.75, 3.05) is 27.2 Å². The summed E-state index contributed by atoms with van der Waals surface area (Å²) in [5.41, 5.74) is 0. The second kappa shape index (κ2) is 6.72. The van der Waals surface area contributed by atoms with Crippen molar-refractivity contribution in [1.29, 1.82) is 0 Å². The van der Waals surface area contributed by atoms with Gasteiger partial charge in [0.25, 0.3) is 0 Å². The summed E-state index contributed by atoms with van der Waals surface area (Å²) in [5.74, 6) is 0. The Morgan fingerprint density at radius 2 is 1.71 bits per heavy atom. The summed E-state index contributed by atoms with van der Waals surface area (Å²) in [6, 6.07) is 2.72. The fraction of sp³-hybridized carbons (Fsp3) is 1.00. The quantitative estimate of drug-likeness (QED) is 0.792. The molecule has 3 heteroatoms. The summed E-state index contributed by atoms with van der Waals surface area (Å²) >= 11 is 0. The monoisotopic (exact) mass is 241 g/mol. The molecule has 0 aromatic rings. The summed E-state index contributed by atoms with van der Waals surface area (Å²) < 4.78 is 0. The van der Waals surface area contributed by atoms with Crippen LogP contribution in [0.1, 0.15) is 40.5 Å². The molecule has 3 nitrogen and oxygen atoms in total. The molecule has 1 N–H and O–H groups in total. The topological polar surface area (TPSA) is 18.5 Å². The van der Waals surface area contributed by atoms with Crippen LogP contribution in [-0.2, 0) is 0 Å². The minimum absolute atomic E-state index is 0.650. The number of piperidine rings is 1. The van der Waals surface area contributed by atoms with Crippen LogP contribution in [0.15, 0.2) is 0 Å². The standard InChI is InChI=1S/C14H31N3/c1-7-17(13(4)10-16(5)6)14-8-11(2)15-12(3)9-14/h11-15H,7-10H2,1-6H3. The van der Waals surface area contributed by atoms with Crippen molar-refractivity contribution >= 4 is 0 Å². The van der Waals surface area contributed by atoms with Crippen LogP contribution < -0.4 is 5.32 Å². The van der Waals surface area contributed by atoms with Gasteiger partial charge in [-0.2, -0.15) is 0 Å². The fourth-order valence-corrected chi connectivity index (χ4v) is 3.37. The first-order valence-corrected chi connectivity index (χ1v) is 7.10. The van der Waals surface area contributed by atoms with E-state index in [1.165, 1.54) is 19.4 Å². The first-order valence-electron chi connectivity index (χ1n) is 7.10. The van der Waals surface area contributed by atoms with Crippen LogP contribution in [0.25, 0.3) is 0 Å². The van der Waals surface area contributed by atoms with Gasteiger partial charge >= 0.3 is 0 Å². The van der Waals surface area contributed by atoms with E-state index in [9.17, 15) is 0 Å². The van der Waals surface area contributed by atoms with E-state index in [1.807, 2.05) is 0 Å². The molecule has 1 fully saturated rings. The molecule has 0 bridgehead atoms. The third-order valence-electron chi connectivity index (χ3n) is 3.85. The van der Waals surface area contributed by atoms with Crippen LogP contribution in [0.5, 0.6) is 0 Å². The molecule has 0 aliphatic carbocycles. The number of nitrogens with one attached hydrogen (secondary N) is 1. The van der Waals surface area contributed by atoms with Crippen molar-refractivity contribution in [2.45, 2.75) is 64.7 Å². The highest BCUT2D eigenvalue weighted by molar-refractivity contribution is 4.88. The van der Waals surface area contributed by atoms with Gasteiger partial charge in [-0.15, -0.1) is 0 Å². The Kier molecular flexibility index (Phi) is 5.90. The van der Waals surface area contributed by atoms with Gasteiger partial charge in [-0.05, 0) is 54.3 Å². The van der Waals surface area contributed by atoms with Gasteiger partial charge in [0, 0.05) is 30.7 Å². The van der Waals surface area contributed by atoms with Crippen LogP contribution in [0.3, 0.4) is 0 Å². The lowest BCUT2D eigenvalue weighted by Gasteiger charge is -2.43. The molecule has 3 atom stereocenters. The first-order chi connectivity index (χ1) is 7.93. The molecule has 0 aromatic heterocycles. The SMILES string of the molecule is CCN(C(C)CN(C)C)C1CC(C)NC(C)C1. The lowest BCUT2D eigenvalue weighted by molar-refractivity contribution is 0.0849. The van der Waals surface area contributed by atoms with Crippen molar-refractivity contribution in [3.63, 3.8) is 0 Å². The smallest absolute Gasteiger partial charge is 0.0197 e. The van der Waals surface area contributed by atoms with Crippen LogP contribution in [0.2, 0.25) is 0 Å². The van der Waals surface area contributed by atoms with E-state index in [0.717, 1.165) is 12.6 Å². The highest BCUT2D eigenvalue weighted by atomic mass is 15.2. The second-order valence-corrected chi connectivity index (χ2v) is 6.04. The van der Waals surface area contributed by atoms with Gasteiger partial charge in [-0.25, -0.2) is 0 Å². The van der Waals surface area contributed by atoms with Crippen LogP contribution >= 0.6 is 0 Å². The number of nitrogens with zero attached hydrogens (tertiary/aromatic N) is 2. The Morgan fingerprint density at radius 1 is 1.18 bits per heavy atom. The average Bonchev–Trinajstić information content (AvgIpc) is 2.15. The highest BCUT2D eigenvalue weighted by Crippen LogP contribution is 2.21. The highest BCUT2D eigenvalue weighted by Gasteiger charge is 2.29. The average molecular weight is 241 g/mol. The molecule has 3 unspecified atom stereocenters. The number of rotatable bonds is 5. The molecule has 0 aromatic carbocycles. The van der Waals surface area contributed by atoms with Crippen molar-refractivity contribution in [1.82, 2.24) is 15.1 Å². The van der Waals surface area contributed by atoms with E-state index >= 15 is 0 Å². The predicted octanol–water partition coefficient (Wildman–Crippen LogP) is 1.79. The minimum atomic E-state index is 0.650. The van der Waals surface area contributed by atoms with Gasteiger partial charge in [0.2, 0.25) is 0 Å². The van der Waals surface area contributed by atoms with Gasteiger partial charge < -0.3 is 10.2 Å². The maximum atomic E-state index is 3.63. The lowest BCUT2D eigenvalue weighted by Crippen LogP contribution is -2.54. The zero-order valence-electron chi connectivity index (χ0n) is 12.5. The van der Waals surface area contributed by atoms with Crippen molar-refractivity contribution in [3.05, 3.63) is 0 Å².